The van der Waals surface area contributed by atoms with Crippen molar-refractivity contribution in [3.8, 4) is 0 Å². The van der Waals surface area contributed by atoms with Gasteiger partial charge < -0.3 is 46.5 Å². The lowest BCUT2D eigenvalue weighted by atomic mass is 9.97. The molecule has 3 saturated heterocycles. The lowest BCUT2D eigenvalue weighted by Gasteiger charge is -2.37. The van der Waals surface area contributed by atoms with Gasteiger partial charge in [-0.3, -0.25) is 13.7 Å². The van der Waals surface area contributed by atoms with E-state index in [0.29, 0.717) is 47.9 Å². The zero-order chi connectivity index (χ0) is 52.4. The van der Waals surface area contributed by atoms with E-state index >= 15 is 0 Å². The first-order chi connectivity index (χ1) is 34.1. The van der Waals surface area contributed by atoms with Crippen molar-refractivity contribution < 1.29 is 42.1 Å². The Balaban J connectivity index is 0.000000187. The molecule has 6 aromatic rings. The van der Waals surface area contributed by atoms with Crippen LogP contribution >= 0.6 is 11.6 Å². The minimum Gasteiger partial charge on any atom is -0.773 e. The Kier molecular flexibility index (Phi) is 19.0. The van der Waals surface area contributed by atoms with Gasteiger partial charge in [-0.05, 0) is 115 Å². The first kappa shape index (κ1) is 55.4. The van der Waals surface area contributed by atoms with Crippen LogP contribution in [0, 0.1) is 20.8 Å². The maximum absolute atomic E-state index is 13.7. The van der Waals surface area contributed by atoms with Crippen molar-refractivity contribution in [3.63, 3.8) is 0 Å². The quantitative estimate of drug-likeness (QED) is 0.0602. The largest absolute Gasteiger partial charge is 0.773 e. The number of hydrogen-bond donors (Lipinski definition) is 7. The Hall–Kier alpha value is -5.95. The number of aliphatic hydroxyl groups is 2. The van der Waals surface area contributed by atoms with Gasteiger partial charge in [0.1, 0.15) is 11.0 Å². The molecule has 2 aromatic carbocycles. The number of piperidine rings is 2. The Morgan fingerprint density at radius 3 is 2.04 bits per heavy atom. The highest BCUT2D eigenvalue weighted by Crippen LogP contribution is 2.35. The summed E-state index contributed by atoms with van der Waals surface area (Å²) in [5.41, 5.74) is 18.7. The number of aromatic carboxylic acids is 1. The van der Waals surface area contributed by atoms with Crippen molar-refractivity contribution in [1.82, 2.24) is 39.4 Å². The predicted octanol–water partition coefficient (Wildman–Crippen LogP) is 5.35. The Labute approximate surface area is 426 Å². The van der Waals surface area contributed by atoms with Crippen LogP contribution in [0.15, 0.2) is 60.9 Å². The van der Waals surface area contributed by atoms with Gasteiger partial charge in [-0.2, -0.15) is 10.2 Å². The molecular weight excluding hydrogens is 988 g/mol. The van der Waals surface area contributed by atoms with E-state index in [1.165, 1.54) is 31.4 Å². The van der Waals surface area contributed by atoms with Crippen molar-refractivity contribution in [2.24, 2.45) is 0 Å². The first-order valence-electron chi connectivity index (χ1n) is 23.6. The van der Waals surface area contributed by atoms with Gasteiger partial charge in [-0.25, -0.2) is 32.2 Å². The molecule has 0 radical (unpaired) electrons. The molecule has 390 valence electrons. The van der Waals surface area contributed by atoms with Crippen molar-refractivity contribution in [2.75, 3.05) is 59.8 Å². The number of nitrogens with zero attached hydrogens (tertiary/aromatic N) is 8. The highest BCUT2D eigenvalue weighted by molar-refractivity contribution is 7.92. The number of nitrogens with two attached hydrogens (primary N) is 2. The SMILES string of the molecule is CS(=O)[O-].Cc1ccc(N)c(C(=O)O)c1.Cc1cn2nc([C@@H]3CCCCN3)cc2nc1Cl.Cc1cn2nc([C@@H]3CCCCN3C(=O)c3cc(N)ccc3NS(C)(=O)=O)cc2nc1N1CC(O)C1.OC1CCC1. The zero-order valence-electron chi connectivity index (χ0n) is 41.0. The van der Waals surface area contributed by atoms with Crippen LogP contribution in [-0.4, -0.2) is 129 Å². The molecule has 7 heterocycles. The molecule has 3 atom stereocenters. The monoisotopic (exact) mass is 1050 g/mol. The van der Waals surface area contributed by atoms with Crippen molar-refractivity contribution >= 4 is 78.8 Å². The van der Waals surface area contributed by atoms with Crippen LogP contribution in [0.4, 0.5) is 22.9 Å². The van der Waals surface area contributed by atoms with E-state index in [2.05, 4.69) is 20.1 Å². The number of aryl methyl sites for hydroxylation is 3. The molecule has 1 saturated carbocycles. The molecule has 21 nitrogen and oxygen atoms in total. The van der Waals surface area contributed by atoms with Gasteiger partial charge >= 0.3 is 5.97 Å². The van der Waals surface area contributed by atoms with Crippen LogP contribution < -0.4 is 26.4 Å². The number of aromatic nitrogens is 6. The summed E-state index contributed by atoms with van der Waals surface area (Å²) in [6.07, 6.45) is 15.2. The predicted molar refractivity (Wildman–Crippen MR) is 277 cm³/mol. The fourth-order valence-corrected chi connectivity index (χ4v) is 9.03. The number of hydrogen-bond acceptors (Lipinski definition) is 16. The number of benzene rings is 2. The number of aliphatic hydroxyl groups excluding tert-OH is 2. The van der Waals surface area contributed by atoms with Crippen LogP contribution in [0.25, 0.3) is 11.3 Å². The summed E-state index contributed by atoms with van der Waals surface area (Å²) < 4.78 is 47.7. The molecule has 1 amide bonds. The third kappa shape index (κ3) is 15.1. The second-order valence-corrected chi connectivity index (χ2v) is 21.2. The van der Waals surface area contributed by atoms with E-state index in [-0.39, 0.29) is 41.0 Å². The molecule has 24 heteroatoms. The van der Waals surface area contributed by atoms with Crippen LogP contribution in [0.1, 0.15) is 119 Å². The van der Waals surface area contributed by atoms with Gasteiger partial charge in [0.05, 0.1) is 58.7 Å². The van der Waals surface area contributed by atoms with E-state index in [1.807, 2.05) is 54.7 Å². The highest BCUT2D eigenvalue weighted by Gasteiger charge is 2.33. The Morgan fingerprint density at radius 2 is 1.46 bits per heavy atom. The van der Waals surface area contributed by atoms with Crippen LogP contribution in [0.3, 0.4) is 0 Å². The third-order valence-electron chi connectivity index (χ3n) is 12.2. The number of β-amino-alcohol motifs (C(OH)–C–C–N with tert-alkyl or cyclic N) is 1. The molecular formula is C48H64ClN12O9S2-. The molecule has 10 rings (SSSR count). The minimum atomic E-state index is -3.58. The lowest BCUT2D eigenvalue weighted by Crippen LogP contribution is -2.51. The number of amides is 1. The summed E-state index contributed by atoms with van der Waals surface area (Å²) in [6, 6.07) is 13.5. The number of nitrogens with one attached hydrogen (secondary N) is 2. The second-order valence-electron chi connectivity index (χ2n) is 18.3. The van der Waals surface area contributed by atoms with Crippen LogP contribution in [0.5, 0.6) is 0 Å². The molecule has 4 aliphatic rings. The first-order valence-corrected chi connectivity index (χ1v) is 27.3. The number of sulfonamides is 1. The summed E-state index contributed by atoms with van der Waals surface area (Å²) in [5, 5.41) is 40.1. The maximum atomic E-state index is 13.7. The zero-order valence-corrected chi connectivity index (χ0v) is 43.4. The van der Waals surface area contributed by atoms with E-state index in [9.17, 15) is 23.1 Å². The van der Waals surface area contributed by atoms with Gasteiger partial charge in [0.2, 0.25) is 10.0 Å². The Bertz CT molecular complexity index is 2950. The number of fused-ring (bicyclic) bond motifs is 2. The van der Waals surface area contributed by atoms with E-state index in [4.69, 9.17) is 52.1 Å². The minimum absolute atomic E-state index is 0.0648. The topological polar surface area (TPSA) is 312 Å². The van der Waals surface area contributed by atoms with Gasteiger partial charge in [-0.1, -0.05) is 40.7 Å². The number of nitrogen functional groups attached to an aromatic ring is 2. The summed E-state index contributed by atoms with van der Waals surface area (Å²) in [4.78, 5) is 37.0. The van der Waals surface area contributed by atoms with Crippen LogP contribution in [-0.2, 0) is 21.1 Å². The molecule has 0 bridgehead atoms. The van der Waals surface area contributed by atoms with E-state index in [1.54, 1.807) is 33.7 Å². The molecule has 0 spiro atoms. The number of halogens is 1. The molecule has 4 aromatic heterocycles. The van der Waals surface area contributed by atoms with Crippen molar-refractivity contribution in [2.45, 2.75) is 103 Å². The fraction of sp³-hybridized carbons (Fsp3) is 0.458. The number of carbonyl (C=O) groups excluding carboxylic acids is 1. The summed E-state index contributed by atoms with van der Waals surface area (Å²) in [7, 11) is -3.58. The van der Waals surface area contributed by atoms with Gasteiger partial charge in [0, 0.05) is 66.7 Å². The lowest BCUT2D eigenvalue weighted by molar-refractivity contribution is 0.0606. The van der Waals surface area contributed by atoms with Gasteiger partial charge in [0.15, 0.2) is 11.3 Å². The molecule has 4 fully saturated rings. The third-order valence-corrected chi connectivity index (χ3v) is 13.2. The second kappa shape index (κ2) is 24.6. The smallest absolute Gasteiger partial charge is 0.337 e. The number of anilines is 4. The molecule has 3 aliphatic heterocycles. The molecule has 1 unspecified atom stereocenters. The van der Waals surface area contributed by atoms with Crippen molar-refractivity contribution in [3.05, 3.63) is 105 Å². The summed E-state index contributed by atoms with van der Waals surface area (Å²) >= 11 is 4.15. The highest BCUT2D eigenvalue weighted by atomic mass is 35.5. The van der Waals surface area contributed by atoms with Crippen molar-refractivity contribution in [1.29, 1.82) is 0 Å². The fourth-order valence-electron chi connectivity index (χ4n) is 8.32. The Morgan fingerprint density at radius 1 is 0.833 bits per heavy atom. The standard InChI is InChI=1S/C23H29N7O4S.C12H15ClN4.C8H9NO2.C4H8O.CH4O2S/c1-14-11-30-21(25-22(14)28-12-16(31)13-28)10-19(26-30)20-5-3-4-8-29(20)23(32)17-9-15(24)6-7-18(17)27-35(2,33)34;1-8-7-17-11(15-12(8)13)6-10(16-17)9-4-2-3-5-14-9;1-5-2-3-7(9)6(4-5)8(10)11;5-4-2-1-3-4;1-4(2)3/h6-7,9-11,16,20,27,31H,3-5,8,12-13,24H2,1-2H3;6-7,9,14H,2-5H2,1H3;2-4H,9H2,1H3,(H,10,11);4-5H,1-3H2;1H3,(H,2,3)/p-1/t20-;9-;;;/m00.../s1. The van der Waals surface area contributed by atoms with Gasteiger partial charge in [-0.15, -0.1) is 0 Å². The number of rotatable bonds is 7. The molecule has 72 heavy (non-hydrogen) atoms. The summed E-state index contributed by atoms with van der Waals surface area (Å²) in [6.45, 7) is 8.43. The molecule has 9 N–H and O–H groups in total. The van der Waals surface area contributed by atoms with Gasteiger partial charge in [0.25, 0.3) is 5.91 Å². The number of likely N-dealkylation sites (tertiary alicyclic amines) is 1. The van der Waals surface area contributed by atoms with E-state index in [0.717, 1.165) is 97.1 Å². The maximum Gasteiger partial charge on any atom is 0.337 e. The number of carboxylic acids is 1. The summed E-state index contributed by atoms with van der Waals surface area (Å²) in [5.74, 6) is -0.460. The van der Waals surface area contributed by atoms with E-state index < -0.39 is 27.1 Å². The number of carboxylic acid groups (broad SMARTS) is 1. The molecule has 1 aliphatic carbocycles. The average Bonchev–Trinajstić information content (AvgIpc) is 3.92. The number of carbonyl (C=O) groups is 2. The van der Waals surface area contributed by atoms with Crippen LogP contribution in [0.2, 0.25) is 5.15 Å². The normalized spacial score (nSPS) is 18.3. The average molecular weight is 1050 g/mol.